The molecule has 0 bridgehead atoms. The van der Waals surface area contributed by atoms with Gasteiger partial charge in [0.05, 0.1) is 46.8 Å². The largest absolute Gasteiger partial charge is 0.395 e. The number of likely N-dealkylation sites (N-methyl/N-ethyl adjacent to an activating group) is 1. The number of benzene rings is 1. The van der Waals surface area contributed by atoms with Crippen molar-refractivity contribution in [3.05, 3.63) is 66.9 Å². The van der Waals surface area contributed by atoms with Gasteiger partial charge in [0.25, 0.3) is 11.8 Å². The molecular formula is C27H32Cl3N5O5S. The van der Waals surface area contributed by atoms with Crippen LogP contribution in [0.3, 0.4) is 0 Å². The van der Waals surface area contributed by atoms with Gasteiger partial charge in [0.1, 0.15) is 10.7 Å². The number of anilines is 3. The number of carbonyl (C=O) groups is 2. The minimum Gasteiger partial charge on any atom is -0.395 e. The predicted molar refractivity (Wildman–Crippen MR) is 165 cm³/mol. The number of ether oxygens (including phenoxy) is 2. The van der Waals surface area contributed by atoms with Crippen molar-refractivity contribution in [2.45, 2.75) is 6.54 Å². The Morgan fingerprint density at radius 1 is 1.00 bits per heavy atom. The van der Waals surface area contributed by atoms with Crippen molar-refractivity contribution >= 4 is 75.1 Å². The molecule has 3 aromatic rings. The van der Waals surface area contributed by atoms with E-state index in [4.69, 9.17) is 44.3 Å². The van der Waals surface area contributed by atoms with E-state index in [1.807, 2.05) is 16.8 Å². The first-order valence-electron chi connectivity index (χ1n) is 12.5. The zero-order chi connectivity index (χ0) is 29.9. The molecule has 0 atom stereocenters. The summed E-state index contributed by atoms with van der Waals surface area (Å²) < 4.78 is 10.6. The van der Waals surface area contributed by atoms with Crippen LogP contribution in [0.1, 0.15) is 25.6 Å². The number of hydrogen-bond donors (Lipinski definition) is 3. The summed E-state index contributed by atoms with van der Waals surface area (Å²) in [5.74, 6) is -0.760. The molecule has 2 amide bonds. The monoisotopic (exact) mass is 643 g/mol. The van der Waals surface area contributed by atoms with Crippen LogP contribution >= 0.6 is 46.1 Å². The number of hydrogen-bond acceptors (Lipinski definition) is 9. The highest BCUT2D eigenvalue weighted by molar-refractivity contribution is 7.13. The van der Waals surface area contributed by atoms with Gasteiger partial charge in [0.15, 0.2) is 0 Å². The summed E-state index contributed by atoms with van der Waals surface area (Å²) in [6, 6.07) is 6.31. The Morgan fingerprint density at radius 3 is 2.32 bits per heavy atom. The molecule has 2 aromatic heterocycles. The first kappa shape index (κ1) is 33.0. The van der Waals surface area contributed by atoms with Gasteiger partial charge in [-0.2, -0.15) is 0 Å². The molecule has 41 heavy (non-hydrogen) atoms. The zero-order valence-electron chi connectivity index (χ0n) is 22.9. The van der Waals surface area contributed by atoms with Gasteiger partial charge in [-0.15, -0.1) is 11.3 Å². The Morgan fingerprint density at radius 2 is 1.71 bits per heavy atom. The smallest absolute Gasteiger partial charge is 0.267 e. The molecule has 1 aromatic carbocycles. The lowest BCUT2D eigenvalue weighted by atomic mass is 10.1. The summed E-state index contributed by atoms with van der Waals surface area (Å²) >= 11 is 20.2. The van der Waals surface area contributed by atoms with Gasteiger partial charge >= 0.3 is 0 Å². The lowest BCUT2D eigenvalue weighted by Crippen LogP contribution is -2.32. The molecule has 0 saturated heterocycles. The number of aromatic nitrogens is 1. The van der Waals surface area contributed by atoms with Crippen molar-refractivity contribution < 1.29 is 24.2 Å². The van der Waals surface area contributed by atoms with Gasteiger partial charge in [-0.05, 0) is 42.3 Å². The second-order valence-electron chi connectivity index (χ2n) is 8.96. The van der Waals surface area contributed by atoms with E-state index in [-0.39, 0.29) is 33.6 Å². The standard InChI is InChI=1S/C27H32Cl3N5O5S/c1-34(6-9-36)15-17-16-41-25(23(17)30)27(38)33-24-20(26(37)32-22-5-4-18(28)14-31-22)12-19(29)13-21(24)35(7-10-39-2)8-11-40-3/h4-5,12-14,16,36H,6-11,15H2,1-3H3,(H,33,38)(H,31,32,37). The fourth-order valence-corrected chi connectivity index (χ4v) is 5.46. The third-order valence-corrected chi connectivity index (χ3v) is 7.95. The number of halogens is 3. The molecule has 14 heteroatoms. The highest BCUT2D eigenvalue weighted by Crippen LogP contribution is 2.36. The second-order valence-corrected chi connectivity index (χ2v) is 11.1. The van der Waals surface area contributed by atoms with Crippen LogP contribution in [0.2, 0.25) is 15.1 Å². The summed E-state index contributed by atoms with van der Waals surface area (Å²) in [5.41, 5.74) is 1.61. The van der Waals surface area contributed by atoms with E-state index in [0.717, 1.165) is 5.56 Å². The molecule has 0 saturated carbocycles. The molecule has 0 fully saturated rings. The number of aliphatic hydroxyl groups excluding tert-OH is 1. The van der Waals surface area contributed by atoms with Gasteiger partial charge < -0.3 is 30.1 Å². The summed E-state index contributed by atoms with van der Waals surface area (Å²) in [6.45, 7) is 2.54. The van der Waals surface area contributed by atoms with Gasteiger partial charge in [-0.3, -0.25) is 14.5 Å². The van der Waals surface area contributed by atoms with Crippen LogP contribution in [0.4, 0.5) is 17.2 Å². The average Bonchev–Trinajstić information content (AvgIpc) is 3.30. The molecular weight excluding hydrogens is 613 g/mol. The van der Waals surface area contributed by atoms with E-state index in [9.17, 15) is 14.7 Å². The first-order chi connectivity index (χ1) is 19.7. The third-order valence-electron chi connectivity index (χ3n) is 5.93. The maximum Gasteiger partial charge on any atom is 0.267 e. The van der Waals surface area contributed by atoms with Crippen LogP contribution in [-0.2, 0) is 16.0 Å². The number of thiophene rings is 1. The highest BCUT2D eigenvalue weighted by atomic mass is 35.5. The number of aliphatic hydroxyl groups is 1. The molecule has 0 radical (unpaired) electrons. The summed E-state index contributed by atoms with van der Waals surface area (Å²) in [4.78, 5) is 35.4. The van der Waals surface area contributed by atoms with Gasteiger partial charge in [0.2, 0.25) is 0 Å². The Kier molecular flexibility index (Phi) is 13.1. The second kappa shape index (κ2) is 16.2. The number of rotatable bonds is 15. The summed E-state index contributed by atoms with van der Waals surface area (Å²) in [5, 5.41) is 17.7. The van der Waals surface area contributed by atoms with E-state index in [1.54, 1.807) is 37.8 Å². The summed E-state index contributed by atoms with van der Waals surface area (Å²) in [6.07, 6.45) is 1.41. The number of pyridine rings is 1. The van der Waals surface area contributed by atoms with E-state index < -0.39 is 11.8 Å². The molecule has 10 nitrogen and oxygen atoms in total. The zero-order valence-corrected chi connectivity index (χ0v) is 26.0. The number of nitrogens with one attached hydrogen (secondary N) is 2. The molecule has 0 aliphatic rings. The maximum atomic E-state index is 13.6. The number of methoxy groups -OCH3 is 2. The lowest BCUT2D eigenvalue weighted by Gasteiger charge is -2.28. The Bertz CT molecular complexity index is 1320. The Hall–Kier alpha value is -2.48. The van der Waals surface area contributed by atoms with E-state index >= 15 is 0 Å². The molecule has 0 aliphatic carbocycles. The Balaban J connectivity index is 2.04. The molecule has 3 N–H and O–H groups in total. The topological polar surface area (TPSA) is 116 Å². The van der Waals surface area contributed by atoms with Gasteiger partial charge in [0, 0.05) is 51.6 Å². The first-order valence-corrected chi connectivity index (χ1v) is 14.6. The van der Waals surface area contributed by atoms with Crippen LogP contribution in [0, 0.1) is 0 Å². The number of amides is 2. The maximum absolute atomic E-state index is 13.6. The average molecular weight is 645 g/mol. The van der Waals surface area contributed by atoms with Crippen LogP contribution in [0.15, 0.2) is 35.8 Å². The van der Waals surface area contributed by atoms with Gasteiger partial charge in [-0.1, -0.05) is 34.8 Å². The third kappa shape index (κ3) is 9.25. The minimum atomic E-state index is -0.541. The van der Waals surface area contributed by atoms with Crippen molar-refractivity contribution in [1.29, 1.82) is 0 Å². The van der Waals surface area contributed by atoms with Gasteiger partial charge in [-0.25, -0.2) is 4.98 Å². The highest BCUT2D eigenvalue weighted by Gasteiger charge is 2.25. The lowest BCUT2D eigenvalue weighted by molar-refractivity contribution is 0.102. The van der Waals surface area contributed by atoms with Crippen molar-refractivity contribution in [1.82, 2.24) is 9.88 Å². The van der Waals surface area contributed by atoms with Crippen molar-refractivity contribution in [2.24, 2.45) is 0 Å². The quantitative estimate of drug-likeness (QED) is 0.209. The molecule has 0 spiro atoms. The molecule has 3 rings (SSSR count). The normalized spacial score (nSPS) is 11.1. The SMILES string of the molecule is COCCN(CCOC)c1cc(Cl)cc(C(=O)Nc2ccc(Cl)cn2)c1NC(=O)c1scc(CN(C)CCO)c1Cl. The Labute approximate surface area is 258 Å². The van der Waals surface area contributed by atoms with E-state index in [0.29, 0.717) is 55.1 Å². The predicted octanol–water partition coefficient (Wildman–Crippen LogP) is 5.13. The summed E-state index contributed by atoms with van der Waals surface area (Å²) in [7, 11) is 5.02. The number of carbonyl (C=O) groups excluding carboxylic acids is 2. The molecule has 0 unspecified atom stereocenters. The van der Waals surface area contributed by atoms with E-state index in [1.165, 1.54) is 23.6 Å². The number of nitrogens with zero attached hydrogens (tertiary/aromatic N) is 3. The molecule has 0 aliphatic heterocycles. The fraction of sp³-hybridized carbons (Fsp3) is 0.370. The van der Waals surface area contributed by atoms with Crippen LogP contribution in [0.5, 0.6) is 0 Å². The van der Waals surface area contributed by atoms with Crippen LogP contribution in [0.25, 0.3) is 0 Å². The van der Waals surface area contributed by atoms with Crippen LogP contribution < -0.4 is 15.5 Å². The van der Waals surface area contributed by atoms with Crippen molar-refractivity contribution in [3.63, 3.8) is 0 Å². The van der Waals surface area contributed by atoms with Crippen LogP contribution in [-0.4, -0.2) is 87.5 Å². The minimum absolute atomic E-state index is 0.00394. The van der Waals surface area contributed by atoms with E-state index in [2.05, 4.69) is 15.6 Å². The van der Waals surface area contributed by atoms with Crippen molar-refractivity contribution in [3.8, 4) is 0 Å². The molecule has 2 heterocycles. The molecule has 222 valence electrons. The fourth-order valence-electron chi connectivity index (χ4n) is 3.89. The van der Waals surface area contributed by atoms with Crippen molar-refractivity contribution in [2.75, 3.05) is 76.3 Å².